The van der Waals surface area contributed by atoms with Crippen LogP contribution in [0.4, 0.5) is 19.0 Å². The molecule has 2 aromatic heterocycles. The van der Waals surface area contributed by atoms with Gasteiger partial charge in [-0.3, -0.25) is 14.2 Å². The molecule has 28 heavy (non-hydrogen) atoms. The molecule has 6 nitrogen and oxygen atoms in total. The van der Waals surface area contributed by atoms with Crippen molar-refractivity contribution >= 4 is 46.5 Å². The minimum Gasteiger partial charge on any atom is -0.302 e. The zero-order chi connectivity index (χ0) is 20.6. The number of anilines is 1. The average molecular weight is 453 g/mol. The Morgan fingerprint density at radius 1 is 1.14 bits per heavy atom. The lowest BCUT2D eigenvalue weighted by molar-refractivity contribution is -0.143. The molecule has 0 saturated carbocycles. The summed E-state index contributed by atoms with van der Waals surface area (Å²) in [4.78, 5) is 12.3. The van der Waals surface area contributed by atoms with E-state index >= 15 is 0 Å². The molecule has 1 aromatic carbocycles. The van der Waals surface area contributed by atoms with Gasteiger partial charge in [0.2, 0.25) is 0 Å². The molecule has 0 bridgehead atoms. The predicted molar refractivity (Wildman–Crippen MR) is 99.0 cm³/mol. The van der Waals surface area contributed by atoms with Crippen LogP contribution in [0.15, 0.2) is 30.5 Å². The fourth-order valence-electron chi connectivity index (χ4n) is 2.46. The molecule has 0 aliphatic carbocycles. The van der Waals surface area contributed by atoms with Gasteiger partial charge in [0.25, 0.3) is 5.91 Å². The quantitative estimate of drug-likeness (QED) is 0.613. The number of hydrogen-bond acceptors (Lipinski definition) is 3. The van der Waals surface area contributed by atoms with Gasteiger partial charge < -0.3 is 5.32 Å². The fourth-order valence-corrected chi connectivity index (χ4v) is 3.13. The Bertz CT molecular complexity index is 1030. The first-order chi connectivity index (χ1) is 13.1. The number of carbonyl (C=O) groups is 1. The van der Waals surface area contributed by atoms with E-state index in [1.165, 1.54) is 10.9 Å². The summed E-state index contributed by atoms with van der Waals surface area (Å²) in [6.07, 6.45) is -3.29. The van der Waals surface area contributed by atoms with Gasteiger partial charge in [0.15, 0.2) is 17.2 Å². The van der Waals surface area contributed by atoms with Gasteiger partial charge in [-0.25, -0.2) is 0 Å². The van der Waals surface area contributed by atoms with Crippen molar-refractivity contribution in [3.8, 4) is 0 Å². The maximum atomic E-state index is 13.0. The lowest BCUT2D eigenvalue weighted by Gasteiger charge is -2.06. The van der Waals surface area contributed by atoms with Crippen LogP contribution in [0, 0.1) is 0 Å². The minimum atomic E-state index is -4.75. The largest absolute Gasteiger partial charge is 0.434 e. The highest BCUT2D eigenvalue weighted by atomic mass is 35.5. The van der Waals surface area contributed by atoms with Crippen LogP contribution < -0.4 is 5.32 Å². The standard InChI is InChI=1S/C16H11Cl3F3N5O/c1-26-13(16(20,21)22)11(19)12(24-26)15(28)23-14-10(18)7-27(25-14)6-8-2-4-9(17)5-3-8/h2-5,7H,6H2,1H3,(H,23,25,28). The summed E-state index contributed by atoms with van der Waals surface area (Å²) >= 11 is 17.6. The van der Waals surface area contributed by atoms with Gasteiger partial charge >= 0.3 is 6.18 Å². The Hall–Kier alpha value is -2.23. The molecule has 0 aliphatic heterocycles. The second kappa shape index (κ2) is 7.65. The Labute approximate surface area is 171 Å². The molecule has 0 saturated heterocycles. The van der Waals surface area contributed by atoms with Crippen molar-refractivity contribution in [1.82, 2.24) is 19.6 Å². The van der Waals surface area contributed by atoms with E-state index in [4.69, 9.17) is 34.8 Å². The molecule has 0 fully saturated rings. The monoisotopic (exact) mass is 451 g/mol. The molecule has 0 aliphatic rings. The van der Waals surface area contributed by atoms with Crippen LogP contribution >= 0.6 is 34.8 Å². The lowest BCUT2D eigenvalue weighted by Crippen LogP contribution is -2.14. The van der Waals surface area contributed by atoms with E-state index in [1.807, 2.05) is 0 Å². The first kappa shape index (κ1) is 20.5. The maximum absolute atomic E-state index is 13.0. The van der Waals surface area contributed by atoms with Gasteiger partial charge in [-0.1, -0.05) is 46.9 Å². The summed E-state index contributed by atoms with van der Waals surface area (Å²) in [7, 11) is 1.04. The van der Waals surface area contributed by atoms with Crippen molar-refractivity contribution < 1.29 is 18.0 Å². The van der Waals surface area contributed by atoms with Crippen molar-refractivity contribution in [1.29, 1.82) is 0 Å². The Balaban J connectivity index is 1.80. The molecule has 0 unspecified atom stereocenters. The molecule has 148 valence electrons. The topological polar surface area (TPSA) is 64.7 Å². The molecule has 0 radical (unpaired) electrons. The molecule has 1 N–H and O–H groups in total. The van der Waals surface area contributed by atoms with E-state index in [0.29, 0.717) is 16.2 Å². The van der Waals surface area contributed by atoms with Gasteiger partial charge in [0.05, 0.1) is 6.54 Å². The van der Waals surface area contributed by atoms with Crippen molar-refractivity contribution in [3.05, 3.63) is 62.5 Å². The van der Waals surface area contributed by atoms with Gasteiger partial charge in [-0.15, -0.1) is 0 Å². The fraction of sp³-hybridized carbons (Fsp3) is 0.188. The summed E-state index contributed by atoms with van der Waals surface area (Å²) in [6.45, 7) is 0.343. The van der Waals surface area contributed by atoms with Crippen LogP contribution in [0.2, 0.25) is 15.1 Å². The van der Waals surface area contributed by atoms with Crippen molar-refractivity contribution in [2.75, 3.05) is 5.32 Å². The highest BCUT2D eigenvalue weighted by molar-refractivity contribution is 6.36. The van der Waals surface area contributed by atoms with Crippen LogP contribution in [-0.2, 0) is 19.8 Å². The van der Waals surface area contributed by atoms with Crippen LogP contribution in [0.3, 0.4) is 0 Å². The highest BCUT2D eigenvalue weighted by Gasteiger charge is 2.40. The lowest BCUT2D eigenvalue weighted by atomic mass is 10.2. The molecule has 0 spiro atoms. The number of nitrogens with zero attached hydrogens (tertiary/aromatic N) is 4. The minimum absolute atomic E-state index is 0.0316. The van der Waals surface area contributed by atoms with Crippen LogP contribution in [-0.4, -0.2) is 25.5 Å². The first-order valence-corrected chi connectivity index (χ1v) is 8.78. The van der Waals surface area contributed by atoms with Crippen LogP contribution in [0.5, 0.6) is 0 Å². The predicted octanol–water partition coefficient (Wildman–Crippen LogP) is 4.90. The summed E-state index contributed by atoms with van der Waals surface area (Å²) in [5.74, 6) is -0.995. The number of halogens is 6. The van der Waals surface area contributed by atoms with E-state index in [9.17, 15) is 18.0 Å². The first-order valence-electron chi connectivity index (χ1n) is 7.64. The van der Waals surface area contributed by atoms with Crippen molar-refractivity contribution in [2.24, 2.45) is 7.05 Å². The maximum Gasteiger partial charge on any atom is 0.434 e. The number of alkyl halides is 3. The smallest absolute Gasteiger partial charge is 0.302 e. The third kappa shape index (κ3) is 4.26. The third-order valence-electron chi connectivity index (χ3n) is 3.68. The van der Waals surface area contributed by atoms with Crippen LogP contribution in [0.1, 0.15) is 21.7 Å². The zero-order valence-electron chi connectivity index (χ0n) is 14.1. The van der Waals surface area contributed by atoms with E-state index in [-0.39, 0.29) is 10.8 Å². The number of aromatic nitrogens is 4. The molecule has 0 atom stereocenters. The second-order valence-corrected chi connectivity index (χ2v) is 6.96. The zero-order valence-corrected chi connectivity index (χ0v) is 16.3. The summed E-state index contributed by atoms with van der Waals surface area (Å²) in [5, 5.41) is 9.88. The van der Waals surface area contributed by atoms with Gasteiger partial charge in [-0.2, -0.15) is 23.4 Å². The van der Waals surface area contributed by atoms with Crippen LogP contribution in [0.25, 0.3) is 0 Å². The number of amides is 1. The number of carbonyl (C=O) groups excluding carboxylic acids is 1. The number of nitrogens with one attached hydrogen (secondary N) is 1. The number of aryl methyl sites for hydroxylation is 1. The van der Waals surface area contributed by atoms with E-state index in [1.54, 1.807) is 24.3 Å². The van der Waals surface area contributed by atoms with Gasteiger partial charge in [0.1, 0.15) is 10.0 Å². The van der Waals surface area contributed by atoms with Gasteiger partial charge in [-0.05, 0) is 17.7 Å². The Morgan fingerprint density at radius 3 is 2.36 bits per heavy atom. The van der Waals surface area contributed by atoms with Gasteiger partial charge in [0, 0.05) is 18.3 Å². The molecular formula is C16H11Cl3F3N5O. The van der Waals surface area contributed by atoms with E-state index in [0.717, 1.165) is 12.6 Å². The number of rotatable bonds is 4. The molecule has 2 heterocycles. The third-order valence-corrected chi connectivity index (χ3v) is 4.57. The number of benzene rings is 1. The Kier molecular flexibility index (Phi) is 5.60. The Morgan fingerprint density at radius 2 is 1.79 bits per heavy atom. The van der Waals surface area contributed by atoms with Crippen molar-refractivity contribution in [2.45, 2.75) is 12.7 Å². The second-order valence-electron chi connectivity index (χ2n) is 5.74. The van der Waals surface area contributed by atoms with Crippen molar-refractivity contribution in [3.63, 3.8) is 0 Å². The molecule has 12 heteroatoms. The highest BCUT2D eigenvalue weighted by Crippen LogP contribution is 2.36. The number of hydrogen-bond donors (Lipinski definition) is 1. The normalized spacial score (nSPS) is 11.7. The summed E-state index contributed by atoms with van der Waals surface area (Å²) < 4.78 is 40.9. The molecule has 3 aromatic rings. The molecular weight excluding hydrogens is 442 g/mol. The van der Waals surface area contributed by atoms with E-state index < -0.39 is 28.5 Å². The summed E-state index contributed by atoms with van der Waals surface area (Å²) in [5.41, 5.74) is -0.928. The SMILES string of the molecule is Cn1nc(C(=O)Nc2nn(Cc3ccc(Cl)cc3)cc2Cl)c(Cl)c1C(F)(F)F. The van der Waals surface area contributed by atoms with E-state index in [2.05, 4.69) is 15.5 Å². The summed E-state index contributed by atoms with van der Waals surface area (Å²) in [6, 6.07) is 7.02. The molecule has 1 amide bonds. The average Bonchev–Trinajstić information content (AvgIpc) is 3.08. The molecule has 3 rings (SSSR count).